The molecule has 1 aromatic rings. The van der Waals surface area contributed by atoms with Gasteiger partial charge in [0.05, 0.1) is 0 Å². The Morgan fingerprint density at radius 2 is 2.27 bits per heavy atom. The quantitative estimate of drug-likeness (QED) is 0.722. The first-order valence-corrected chi connectivity index (χ1v) is 3.91. The molecule has 0 aliphatic rings. The summed E-state index contributed by atoms with van der Waals surface area (Å²) in [4.78, 5) is 0. The first-order chi connectivity index (χ1) is 5.27. The number of rotatable bonds is 2. The Hall–Kier alpha value is -0.530. The Labute approximate surface area is 71.6 Å². The highest BCUT2D eigenvalue weighted by molar-refractivity contribution is 6.30. The van der Waals surface area contributed by atoms with Crippen LogP contribution in [0.15, 0.2) is 18.2 Å². The van der Waals surface area contributed by atoms with Gasteiger partial charge in [0.2, 0.25) is 0 Å². The molecule has 1 radical (unpaired) electrons. The van der Waals surface area contributed by atoms with Gasteiger partial charge in [0.25, 0.3) is 0 Å². The first-order valence-electron chi connectivity index (χ1n) is 3.53. The van der Waals surface area contributed by atoms with Crippen LogP contribution in [0.5, 0.6) is 0 Å². The lowest BCUT2D eigenvalue weighted by Crippen LogP contribution is -1.89. The molecule has 0 saturated heterocycles. The van der Waals surface area contributed by atoms with Gasteiger partial charge in [-0.3, -0.25) is 0 Å². The lowest BCUT2D eigenvalue weighted by atomic mass is 10.1. The number of aliphatic hydroxyl groups is 1. The fraction of sp³-hybridized carbons (Fsp3) is 0.222. The van der Waals surface area contributed by atoms with Gasteiger partial charge in [-0.05, 0) is 29.7 Å². The van der Waals surface area contributed by atoms with Crippen molar-refractivity contribution in [2.75, 3.05) is 0 Å². The highest BCUT2D eigenvalue weighted by Crippen LogP contribution is 2.17. The van der Waals surface area contributed by atoms with E-state index in [0.717, 1.165) is 24.2 Å². The number of benzene rings is 1. The second kappa shape index (κ2) is 3.74. The van der Waals surface area contributed by atoms with Gasteiger partial charge in [-0.25, -0.2) is 0 Å². The number of aryl methyl sites for hydroxylation is 1. The molecule has 0 amide bonds. The summed E-state index contributed by atoms with van der Waals surface area (Å²) in [5, 5.41) is 9.45. The maximum absolute atomic E-state index is 8.79. The van der Waals surface area contributed by atoms with E-state index in [1.807, 2.05) is 19.1 Å². The number of aliphatic hydroxyl groups excluding tert-OH is 1. The van der Waals surface area contributed by atoms with Crippen LogP contribution in [0.2, 0.25) is 5.02 Å². The zero-order valence-electron chi connectivity index (χ0n) is 6.34. The zero-order chi connectivity index (χ0) is 8.27. The lowest BCUT2D eigenvalue weighted by Gasteiger charge is -2.03. The molecular formula is C9H10ClO. The molecule has 2 heteroatoms. The van der Waals surface area contributed by atoms with Gasteiger partial charge >= 0.3 is 0 Å². The Kier molecular flexibility index (Phi) is 2.92. The largest absolute Gasteiger partial charge is 0.385 e. The Morgan fingerprint density at radius 3 is 2.82 bits per heavy atom. The average molecular weight is 170 g/mol. The summed E-state index contributed by atoms with van der Waals surface area (Å²) in [5.74, 6) is 0. The maximum atomic E-state index is 8.79. The van der Waals surface area contributed by atoms with E-state index >= 15 is 0 Å². The Bertz CT molecular complexity index is 245. The van der Waals surface area contributed by atoms with Crippen molar-refractivity contribution in [2.24, 2.45) is 0 Å². The zero-order valence-corrected chi connectivity index (χ0v) is 7.10. The topological polar surface area (TPSA) is 20.2 Å². The molecule has 0 bridgehead atoms. The highest BCUT2D eigenvalue weighted by Gasteiger charge is 1.99. The predicted molar refractivity (Wildman–Crippen MR) is 46.2 cm³/mol. The van der Waals surface area contributed by atoms with Crippen LogP contribution in [0, 0.1) is 6.61 Å². The van der Waals surface area contributed by atoms with E-state index < -0.39 is 0 Å². The summed E-state index contributed by atoms with van der Waals surface area (Å²) in [6, 6.07) is 5.50. The third kappa shape index (κ3) is 1.95. The average Bonchev–Trinajstić information content (AvgIpc) is 2.04. The fourth-order valence-electron chi connectivity index (χ4n) is 1.01. The minimum absolute atomic E-state index is 0.655. The molecular weight excluding hydrogens is 160 g/mol. The highest BCUT2D eigenvalue weighted by atomic mass is 35.5. The van der Waals surface area contributed by atoms with Crippen molar-refractivity contribution in [1.29, 1.82) is 0 Å². The molecule has 1 rings (SSSR count). The van der Waals surface area contributed by atoms with E-state index in [2.05, 4.69) is 0 Å². The monoisotopic (exact) mass is 169 g/mol. The standard InChI is InChI=1S/C9H10ClO/c1-2-7-3-4-9(10)5-8(7)6-11/h3-6,11H,2H2,1H3. The van der Waals surface area contributed by atoms with Crippen molar-refractivity contribution in [3.63, 3.8) is 0 Å². The maximum Gasteiger partial charge on any atom is 0.109 e. The number of halogens is 1. The van der Waals surface area contributed by atoms with Crippen LogP contribution in [0.3, 0.4) is 0 Å². The third-order valence-corrected chi connectivity index (χ3v) is 1.86. The van der Waals surface area contributed by atoms with Crippen LogP contribution in [-0.2, 0) is 6.42 Å². The normalized spacial score (nSPS) is 10.1. The smallest absolute Gasteiger partial charge is 0.109 e. The van der Waals surface area contributed by atoms with Crippen LogP contribution in [0.1, 0.15) is 18.1 Å². The van der Waals surface area contributed by atoms with E-state index in [1.54, 1.807) is 6.07 Å². The Morgan fingerprint density at radius 1 is 1.55 bits per heavy atom. The van der Waals surface area contributed by atoms with Crippen LogP contribution in [0.25, 0.3) is 0 Å². The van der Waals surface area contributed by atoms with E-state index in [1.165, 1.54) is 0 Å². The fourth-order valence-corrected chi connectivity index (χ4v) is 1.19. The SMILES string of the molecule is CCc1ccc(Cl)cc1[CH]O. The molecule has 0 saturated carbocycles. The molecule has 1 nitrogen and oxygen atoms in total. The molecule has 0 aliphatic heterocycles. The summed E-state index contributed by atoms with van der Waals surface area (Å²) < 4.78 is 0. The minimum Gasteiger partial charge on any atom is -0.385 e. The van der Waals surface area contributed by atoms with Gasteiger partial charge in [-0.2, -0.15) is 0 Å². The summed E-state index contributed by atoms with van der Waals surface area (Å²) in [5.41, 5.74) is 1.91. The molecule has 0 aliphatic carbocycles. The summed E-state index contributed by atoms with van der Waals surface area (Å²) >= 11 is 5.72. The van der Waals surface area contributed by atoms with Crippen molar-refractivity contribution in [3.05, 3.63) is 41.0 Å². The Balaban J connectivity index is 3.06. The van der Waals surface area contributed by atoms with Gasteiger partial charge in [0.1, 0.15) is 6.61 Å². The van der Waals surface area contributed by atoms with Gasteiger partial charge in [-0.1, -0.05) is 24.6 Å². The number of hydrogen-bond acceptors (Lipinski definition) is 1. The molecule has 59 valence electrons. The van der Waals surface area contributed by atoms with Crippen LogP contribution in [-0.4, -0.2) is 5.11 Å². The van der Waals surface area contributed by atoms with Gasteiger partial charge < -0.3 is 5.11 Å². The first kappa shape index (κ1) is 8.57. The van der Waals surface area contributed by atoms with Crippen molar-refractivity contribution < 1.29 is 5.11 Å². The van der Waals surface area contributed by atoms with Crippen LogP contribution < -0.4 is 0 Å². The van der Waals surface area contributed by atoms with Crippen molar-refractivity contribution in [3.8, 4) is 0 Å². The van der Waals surface area contributed by atoms with Crippen molar-refractivity contribution >= 4 is 11.6 Å². The second-order valence-corrected chi connectivity index (χ2v) is 2.76. The predicted octanol–water partition coefficient (Wildman–Crippen LogP) is 2.78. The van der Waals surface area contributed by atoms with Crippen LogP contribution >= 0.6 is 11.6 Å². The second-order valence-electron chi connectivity index (χ2n) is 2.33. The molecule has 1 N–H and O–H groups in total. The summed E-state index contributed by atoms with van der Waals surface area (Å²) in [6.07, 6.45) is 0.906. The minimum atomic E-state index is 0.655. The van der Waals surface area contributed by atoms with E-state index in [-0.39, 0.29) is 0 Å². The summed E-state index contributed by atoms with van der Waals surface area (Å²) in [7, 11) is 0. The molecule has 0 unspecified atom stereocenters. The molecule has 0 fully saturated rings. The molecule has 0 heterocycles. The van der Waals surface area contributed by atoms with Gasteiger partial charge in [-0.15, -0.1) is 0 Å². The van der Waals surface area contributed by atoms with Crippen molar-refractivity contribution in [2.45, 2.75) is 13.3 Å². The molecule has 0 aromatic heterocycles. The van der Waals surface area contributed by atoms with Crippen LogP contribution in [0.4, 0.5) is 0 Å². The lowest BCUT2D eigenvalue weighted by molar-refractivity contribution is 0.414. The molecule has 0 spiro atoms. The van der Waals surface area contributed by atoms with Gasteiger partial charge in [0.15, 0.2) is 0 Å². The molecule has 1 aromatic carbocycles. The van der Waals surface area contributed by atoms with Crippen molar-refractivity contribution in [1.82, 2.24) is 0 Å². The molecule has 0 atom stereocenters. The van der Waals surface area contributed by atoms with E-state index in [9.17, 15) is 0 Å². The number of hydrogen-bond donors (Lipinski definition) is 1. The van der Waals surface area contributed by atoms with E-state index in [0.29, 0.717) is 5.02 Å². The molecule has 11 heavy (non-hydrogen) atoms. The van der Waals surface area contributed by atoms with E-state index in [4.69, 9.17) is 16.7 Å². The third-order valence-electron chi connectivity index (χ3n) is 1.63. The summed E-state index contributed by atoms with van der Waals surface area (Å²) in [6.45, 7) is 3.13. The van der Waals surface area contributed by atoms with Gasteiger partial charge in [0, 0.05) is 5.02 Å².